The zero-order valence-electron chi connectivity index (χ0n) is 15.7. The lowest BCUT2D eigenvalue weighted by Gasteiger charge is -2.06. The minimum Gasteiger partial charge on any atom is -0.466 e. The van der Waals surface area contributed by atoms with Crippen molar-refractivity contribution in [2.24, 2.45) is 0 Å². The predicted molar refractivity (Wildman–Crippen MR) is 97.1 cm³/mol. The minimum atomic E-state index is -0.356. The average Bonchev–Trinajstić information content (AvgIpc) is 2.58. The summed E-state index contributed by atoms with van der Waals surface area (Å²) in [6.45, 7) is 5.78. The maximum Gasteiger partial charge on any atom is 0.407 e. The Bertz CT molecular complexity index is 308. The van der Waals surface area contributed by atoms with E-state index in [0.29, 0.717) is 26.2 Å². The zero-order valence-corrected chi connectivity index (χ0v) is 15.7. The second kappa shape index (κ2) is 18.1. The Morgan fingerprint density at radius 1 is 0.708 bits per heavy atom. The molecule has 0 aliphatic carbocycles. The fourth-order valence-electron chi connectivity index (χ4n) is 2.32. The third-order valence-electron chi connectivity index (χ3n) is 3.78. The van der Waals surface area contributed by atoms with Gasteiger partial charge in [-0.2, -0.15) is 0 Å². The van der Waals surface area contributed by atoms with Gasteiger partial charge in [-0.15, -0.1) is 0 Å². The molecule has 0 unspecified atom stereocenters. The Labute approximate surface area is 147 Å². The number of rotatable bonds is 16. The molecule has 0 atom stereocenters. The Kier molecular flexibility index (Phi) is 17.1. The van der Waals surface area contributed by atoms with E-state index in [2.05, 4.69) is 12.2 Å². The molecule has 5 heteroatoms. The van der Waals surface area contributed by atoms with Crippen molar-refractivity contribution in [2.75, 3.05) is 19.8 Å². The van der Waals surface area contributed by atoms with E-state index >= 15 is 0 Å². The summed E-state index contributed by atoms with van der Waals surface area (Å²) in [5.74, 6) is -0.101. The highest BCUT2D eigenvalue weighted by Crippen LogP contribution is 2.07. The Hall–Kier alpha value is -1.26. The SMILES string of the molecule is CCCCCCCCCOC(=O)CCCCCNC(=O)OCCC. The molecule has 0 aromatic rings. The third kappa shape index (κ3) is 17.1. The van der Waals surface area contributed by atoms with E-state index in [9.17, 15) is 9.59 Å². The summed E-state index contributed by atoms with van der Waals surface area (Å²) in [6.07, 6.45) is 12.1. The van der Waals surface area contributed by atoms with Crippen molar-refractivity contribution in [3.8, 4) is 0 Å². The van der Waals surface area contributed by atoms with Crippen LogP contribution in [-0.2, 0) is 14.3 Å². The van der Waals surface area contributed by atoms with E-state index in [0.717, 1.165) is 38.5 Å². The highest BCUT2D eigenvalue weighted by Gasteiger charge is 2.03. The van der Waals surface area contributed by atoms with Gasteiger partial charge in [-0.05, 0) is 25.7 Å². The number of ether oxygens (including phenoxy) is 2. The first kappa shape index (κ1) is 22.7. The highest BCUT2D eigenvalue weighted by molar-refractivity contribution is 5.69. The number of hydrogen-bond acceptors (Lipinski definition) is 4. The molecule has 0 spiro atoms. The number of unbranched alkanes of at least 4 members (excludes halogenated alkanes) is 8. The van der Waals surface area contributed by atoms with E-state index in [4.69, 9.17) is 9.47 Å². The molecule has 1 N–H and O–H groups in total. The molecule has 0 rings (SSSR count). The number of carbonyl (C=O) groups excluding carboxylic acids is 2. The van der Waals surface area contributed by atoms with Crippen molar-refractivity contribution in [3.05, 3.63) is 0 Å². The van der Waals surface area contributed by atoms with Crippen LogP contribution >= 0.6 is 0 Å². The van der Waals surface area contributed by atoms with Crippen molar-refractivity contribution in [1.82, 2.24) is 5.32 Å². The number of hydrogen-bond donors (Lipinski definition) is 1. The van der Waals surface area contributed by atoms with Crippen LogP contribution in [0.25, 0.3) is 0 Å². The van der Waals surface area contributed by atoms with E-state index in [1.165, 1.54) is 32.1 Å². The van der Waals surface area contributed by atoms with Crippen LogP contribution in [0.3, 0.4) is 0 Å². The molecule has 0 heterocycles. The van der Waals surface area contributed by atoms with Crippen molar-refractivity contribution in [3.63, 3.8) is 0 Å². The standard InChI is InChI=1S/C19H37NO4/c1-3-5-6-7-8-9-13-17-23-18(21)14-11-10-12-15-20-19(22)24-16-4-2/h3-17H2,1-2H3,(H,20,22). The fourth-order valence-corrected chi connectivity index (χ4v) is 2.32. The van der Waals surface area contributed by atoms with Crippen LogP contribution in [-0.4, -0.2) is 31.8 Å². The van der Waals surface area contributed by atoms with Gasteiger partial charge >= 0.3 is 12.1 Å². The van der Waals surface area contributed by atoms with E-state index in [1.807, 2.05) is 6.92 Å². The molecule has 1 amide bonds. The molecule has 0 radical (unpaired) electrons. The van der Waals surface area contributed by atoms with Crippen LogP contribution in [0.4, 0.5) is 4.79 Å². The molecule has 0 aromatic carbocycles. The Morgan fingerprint density at radius 3 is 2.08 bits per heavy atom. The highest BCUT2D eigenvalue weighted by atomic mass is 16.5. The van der Waals surface area contributed by atoms with Crippen molar-refractivity contribution < 1.29 is 19.1 Å². The summed E-state index contributed by atoms with van der Waals surface area (Å²) in [6, 6.07) is 0. The van der Waals surface area contributed by atoms with Crippen molar-refractivity contribution in [2.45, 2.75) is 90.9 Å². The van der Waals surface area contributed by atoms with Gasteiger partial charge in [0.05, 0.1) is 13.2 Å². The first-order valence-electron chi connectivity index (χ1n) is 9.77. The maximum absolute atomic E-state index is 11.6. The van der Waals surface area contributed by atoms with Crippen molar-refractivity contribution >= 4 is 12.1 Å². The molecule has 0 aliphatic rings. The lowest BCUT2D eigenvalue weighted by Crippen LogP contribution is -2.25. The van der Waals surface area contributed by atoms with Gasteiger partial charge in [0.25, 0.3) is 0 Å². The van der Waals surface area contributed by atoms with Gasteiger partial charge in [-0.25, -0.2) is 4.79 Å². The van der Waals surface area contributed by atoms with E-state index in [-0.39, 0.29) is 12.1 Å². The fraction of sp³-hybridized carbons (Fsp3) is 0.895. The summed E-state index contributed by atoms with van der Waals surface area (Å²) in [4.78, 5) is 22.7. The Morgan fingerprint density at radius 2 is 1.38 bits per heavy atom. The topological polar surface area (TPSA) is 64.6 Å². The summed E-state index contributed by atoms with van der Waals surface area (Å²) in [7, 11) is 0. The van der Waals surface area contributed by atoms with Gasteiger partial charge in [0.15, 0.2) is 0 Å². The Balaban J connectivity index is 3.25. The molecular weight excluding hydrogens is 306 g/mol. The number of nitrogens with one attached hydrogen (secondary N) is 1. The molecule has 5 nitrogen and oxygen atoms in total. The van der Waals surface area contributed by atoms with Gasteiger partial charge in [0.1, 0.15) is 0 Å². The molecule has 0 saturated heterocycles. The van der Waals surface area contributed by atoms with E-state index < -0.39 is 0 Å². The molecule has 0 saturated carbocycles. The van der Waals surface area contributed by atoms with Crippen LogP contribution in [0, 0.1) is 0 Å². The minimum absolute atomic E-state index is 0.101. The zero-order chi connectivity index (χ0) is 17.9. The number of carbonyl (C=O) groups is 2. The normalized spacial score (nSPS) is 10.4. The molecule has 0 bridgehead atoms. The lowest BCUT2D eigenvalue weighted by atomic mass is 10.1. The molecule has 0 aliphatic heterocycles. The lowest BCUT2D eigenvalue weighted by molar-refractivity contribution is -0.143. The van der Waals surface area contributed by atoms with Gasteiger partial charge in [0, 0.05) is 13.0 Å². The van der Waals surface area contributed by atoms with Gasteiger partial charge < -0.3 is 14.8 Å². The van der Waals surface area contributed by atoms with Crippen molar-refractivity contribution in [1.29, 1.82) is 0 Å². The molecule has 24 heavy (non-hydrogen) atoms. The maximum atomic E-state index is 11.6. The molecule has 0 aromatic heterocycles. The van der Waals surface area contributed by atoms with Gasteiger partial charge in [-0.1, -0.05) is 58.8 Å². The molecule has 142 valence electrons. The average molecular weight is 344 g/mol. The summed E-state index contributed by atoms with van der Waals surface area (Å²) in [5.41, 5.74) is 0. The van der Waals surface area contributed by atoms with E-state index in [1.54, 1.807) is 0 Å². The van der Waals surface area contributed by atoms with Crippen LogP contribution < -0.4 is 5.32 Å². The van der Waals surface area contributed by atoms with Crippen LogP contribution in [0.5, 0.6) is 0 Å². The first-order chi connectivity index (χ1) is 11.7. The van der Waals surface area contributed by atoms with Crippen LogP contribution in [0.2, 0.25) is 0 Å². The smallest absolute Gasteiger partial charge is 0.407 e. The van der Waals surface area contributed by atoms with Crippen LogP contribution in [0.1, 0.15) is 90.9 Å². The van der Waals surface area contributed by atoms with Crippen LogP contribution in [0.15, 0.2) is 0 Å². The summed E-state index contributed by atoms with van der Waals surface area (Å²) < 4.78 is 10.1. The third-order valence-corrected chi connectivity index (χ3v) is 3.78. The van der Waals surface area contributed by atoms with Gasteiger partial charge in [0.2, 0.25) is 0 Å². The predicted octanol–water partition coefficient (Wildman–Crippen LogP) is 4.98. The second-order valence-electron chi connectivity index (χ2n) is 6.22. The largest absolute Gasteiger partial charge is 0.466 e. The number of amides is 1. The quantitative estimate of drug-likeness (QED) is 0.317. The number of esters is 1. The molecular formula is C19H37NO4. The first-order valence-corrected chi connectivity index (χ1v) is 9.77. The summed E-state index contributed by atoms with van der Waals surface area (Å²) in [5, 5.41) is 2.69. The van der Waals surface area contributed by atoms with Gasteiger partial charge in [-0.3, -0.25) is 4.79 Å². The molecule has 0 fully saturated rings. The second-order valence-corrected chi connectivity index (χ2v) is 6.22. The summed E-state index contributed by atoms with van der Waals surface area (Å²) >= 11 is 0. The number of alkyl carbamates (subject to hydrolysis) is 1. The monoisotopic (exact) mass is 343 g/mol.